The summed E-state index contributed by atoms with van der Waals surface area (Å²) in [5, 5.41) is 4.00. The Labute approximate surface area is 182 Å². The Hall–Kier alpha value is -1.71. The number of nitrogens with one attached hydrogen (secondary N) is 1. The Bertz CT molecular complexity index is 820. The maximum Gasteiger partial charge on any atom is 0.411 e. The molecule has 2 bridgehead atoms. The summed E-state index contributed by atoms with van der Waals surface area (Å²) in [6, 6.07) is 13.0. The van der Waals surface area contributed by atoms with Crippen molar-refractivity contribution in [3.8, 4) is 11.1 Å². The molecule has 2 aromatic rings. The first kappa shape index (κ1) is 20.6. The van der Waals surface area contributed by atoms with E-state index in [9.17, 15) is 4.79 Å². The molecule has 4 rings (SSSR count). The van der Waals surface area contributed by atoms with Crippen molar-refractivity contribution < 1.29 is 9.53 Å². The van der Waals surface area contributed by atoms with Gasteiger partial charge in [-0.05, 0) is 84.9 Å². The lowest BCUT2D eigenvalue weighted by atomic mass is 9.67. The van der Waals surface area contributed by atoms with Crippen molar-refractivity contribution in [3.05, 3.63) is 52.5 Å². The van der Waals surface area contributed by atoms with Gasteiger partial charge in [0.15, 0.2) is 0 Å². The van der Waals surface area contributed by atoms with E-state index in [0.29, 0.717) is 22.3 Å². The van der Waals surface area contributed by atoms with Gasteiger partial charge >= 0.3 is 6.09 Å². The van der Waals surface area contributed by atoms with Crippen LogP contribution in [0.25, 0.3) is 11.1 Å². The number of ether oxygens (including phenoxy) is 1. The van der Waals surface area contributed by atoms with E-state index in [1.165, 1.54) is 38.5 Å². The average molecular weight is 432 g/mol. The van der Waals surface area contributed by atoms with Crippen molar-refractivity contribution in [2.24, 2.45) is 17.8 Å². The molecule has 2 aromatic carbocycles. The second kappa shape index (κ2) is 9.40. The minimum Gasteiger partial charge on any atom is -0.449 e. The standard InChI is InChI=1S/C24H27Cl2NO2/c25-21-13-20(14-22(26)15-21)19-4-6-23(7-5-19)27-24(28)29-9-8-18-11-16-2-1-3-17(10-16)12-18/h4-7,13-18H,1-3,8-12H2,(H,27,28). The summed E-state index contributed by atoms with van der Waals surface area (Å²) in [7, 11) is 0. The van der Waals surface area contributed by atoms with E-state index in [1.54, 1.807) is 6.07 Å². The molecule has 154 valence electrons. The van der Waals surface area contributed by atoms with Gasteiger partial charge in [-0.15, -0.1) is 0 Å². The van der Waals surface area contributed by atoms with Crippen LogP contribution in [-0.2, 0) is 4.74 Å². The van der Waals surface area contributed by atoms with E-state index < -0.39 is 0 Å². The maximum atomic E-state index is 12.1. The van der Waals surface area contributed by atoms with Crippen molar-refractivity contribution in [2.75, 3.05) is 11.9 Å². The first-order chi connectivity index (χ1) is 14.0. The zero-order valence-electron chi connectivity index (χ0n) is 16.5. The Kier molecular flexibility index (Phi) is 6.67. The minimum atomic E-state index is -0.389. The van der Waals surface area contributed by atoms with Gasteiger partial charge in [0.05, 0.1) is 6.61 Å². The zero-order valence-corrected chi connectivity index (χ0v) is 18.0. The van der Waals surface area contributed by atoms with Gasteiger partial charge in [-0.1, -0.05) is 54.6 Å². The van der Waals surface area contributed by atoms with Gasteiger partial charge in [0.25, 0.3) is 0 Å². The monoisotopic (exact) mass is 431 g/mol. The molecule has 2 unspecified atom stereocenters. The van der Waals surface area contributed by atoms with Gasteiger partial charge in [0.2, 0.25) is 0 Å². The number of amides is 1. The van der Waals surface area contributed by atoms with Gasteiger partial charge in [-0.2, -0.15) is 0 Å². The summed E-state index contributed by atoms with van der Waals surface area (Å²) in [5.74, 6) is 2.54. The quantitative estimate of drug-likeness (QED) is 0.523. The zero-order chi connectivity index (χ0) is 20.2. The summed E-state index contributed by atoms with van der Waals surface area (Å²) < 4.78 is 5.43. The SMILES string of the molecule is O=C(Nc1ccc(-c2cc(Cl)cc(Cl)c2)cc1)OCCC1CC2CCCC(C2)C1. The van der Waals surface area contributed by atoms with E-state index in [4.69, 9.17) is 27.9 Å². The maximum absolute atomic E-state index is 12.1. The molecule has 2 fully saturated rings. The van der Waals surface area contributed by atoms with E-state index in [1.807, 2.05) is 36.4 Å². The first-order valence-electron chi connectivity index (χ1n) is 10.6. The fraction of sp³-hybridized carbons (Fsp3) is 0.458. The molecule has 0 heterocycles. The third-order valence-corrected chi connectivity index (χ3v) is 6.75. The number of anilines is 1. The summed E-state index contributed by atoms with van der Waals surface area (Å²) >= 11 is 12.1. The second-order valence-corrected chi connectivity index (χ2v) is 9.39. The fourth-order valence-electron chi connectivity index (χ4n) is 5.04. The first-order valence-corrected chi connectivity index (χ1v) is 11.3. The molecule has 0 radical (unpaired) electrons. The lowest BCUT2D eigenvalue weighted by Crippen LogP contribution is -2.27. The molecule has 2 saturated carbocycles. The molecular weight excluding hydrogens is 405 g/mol. The number of rotatable bonds is 5. The Morgan fingerprint density at radius 1 is 0.931 bits per heavy atom. The van der Waals surface area contributed by atoms with Crippen molar-refractivity contribution in [1.82, 2.24) is 0 Å². The Morgan fingerprint density at radius 3 is 2.24 bits per heavy atom. The number of carbonyl (C=O) groups excluding carboxylic acids is 1. The van der Waals surface area contributed by atoms with Gasteiger partial charge in [0, 0.05) is 15.7 Å². The van der Waals surface area contributed by atoms with Crippen LogP contribution in [0.3, 0.4) is 0 Å². The van der Waals surface area contributed by atoms with Crippen LogP contribution in [0.4, 0.5) is 10.5 Å². The van der Waals surface area contributed by atoms with Crippen LogP contribution >= 0.6 is 23.2 Å². The van der Waals surface area contributed by atoms with Crippen LogP contribution in [0.15, 0.2) is 42.5 Å². The van der Waals surface area contributed by atoms with Crippen LogP contribution < -0.4 is 5.32 Å². The Morgan fingerprint density at radius 2 is 1.59 bits per heavy atom. The summed E-state index contributed by atoms with van der Waals surface area (Å²) in [5.41, 5.74) is 2.63. The number of benzene rings is 2. The highest BCUT2D eigenvalue weighted by molar-refractivity contribution is 6.35. The third-order valence-electron chi connectivity index (χ3n) is 6.31. The lowest BCUT2D eigenvalue weighted by Gasteiger charge is -2.39. The van der Waals surface area contributed by atoms with E-state index in [2.05, 4.69) is 5.32 Å². The van der Waals surface area contributed by atoms with E-state index >= 15 is 0 Å². The average Bonchev–Trinajstić information content (AvgIpc) is 2.67. The van der Waals surface area contributed by atoms with Crippen LogP contribution in [0.2, 0.25) is 10.0 Å². The normalized spacial score (nSPS) is 23.4. The summed E-state index contributed by atoms with van der Waals surface area (Å²) in [6.07, 6.45) is 8.85. The second-order valence-electron chi connectivity index (χ2n) is 8.52. The molecule has 2 atom stereocenters. The lowest BCUT2D eigenvalue weighted by molar-refractivity contribution is 0.106. The number of hydrogen-bond donors (Lipinski definition) is 1. The molecule has 0 saturated heterocycles. The highest BCUT2D eigenvalue weighted by atomic mass is 35.5. The number of fused-ring (bicyclic) bond motifs is 2. The van der Waals surface area contributed by atoms with Crippen LogP contribution in [-0.4, -0.2) is 12.7 Å². The number of halogens is 2. The van der Waals surface area contributed by atoms with Gasteiger partial charge in [-0.3, -0.25) is 5.32 Å². The minimum absolute atomic E-state index is 0.389. The molecule has 0 aliphatic heterocycles. The summed E-state index contributed by atoms with van der Waals surface area (Å²) in [4.78, 5) is 12.1. The molecule has 3 nitrogen and oxygen atoms in total. The Balaban J connectivity index is 1.24. The van der Waals surface area contributed by atoms with Crippen LogP contribution in [0.1, 0.15) is 44.9 Å². The fourth-order valence-corrected chi connectivity index (χ4v) is 5.57. The highest BCUT2D eigenvalue weighted by Crippen LogP contribution is 2.43. The smallest absolute Gasteiger partial charge is 0.411 e. The molecule has 0 aromatic heterocycles. The van der Waals surface area contributed by atoms with Crippen LogP contribution in [0.5, 0.6) is 0 Å². The molecule has 1 N–H and O–H groups in total. The molecule has 1 amide bonds. The molecule has 0 spiro atoms. The van der Waals surface area contributed by atoms with Gasteiger partial charge in [-0.25, -0.2) is 4.79 Å². The predicted molar refractivity (Wildman–Crippen MR) is 120 cm³/mol. The molecule has 5 heteroatoms. The van der Waals surface area contributed by atoms with Crippen molar-refractivity contribution in [3.63, 3.8) is 0 Å². The van der Waals surface area contributed by atoms with Crippen LogP contribution in [0, 0.1) is 17.8 Å². The topological polar surface area (TPSA) is 38.3 Å². The molecule has 2 aliphatic carbocycles. The highest BCUT2D eigenvalue weighted by Gasteiger charge is 2.31. The molecule has 2 aliphatic rings. The van der Waals surface area contributed by atoms with E-state index in [-0.39, 0.29) is 6.09 Å². The predicted octanol–water partition coefficient (Wildman–Crippen LogP) is 7.82. The van der Waals surface area contributed by atoms with E-state index in [0.717, 1.165) is 35.3 Å². The third kappa shape index (κ3) is 5.67. The van der Waals surface area contributed by atoms with Gasteiger partial charge < -0.3 is 4.74 Å². The molecule has 29 heavy (non-hydrogen) atoms. The largest absolute Gasteiger partial charge is 0.449 e. The van der Waals surface area contributed by atoms with Crippen molar-refractivity contribution in [1.29, 1.82) is 0 Å². The van der Waals surface area contributed by atoms with Gasteiger partial charge in [0.1, 0.15) is 0 Å². The van der Waals surface area contributed by atoms with Crippen molar-refractivity contribution >= 4 is 35.0 Å². The van der Waals surface area contributed by atoms with Crippen molar-refractivity contribution in [2.45, 2.75) is 44.9 Å². The molecular formula is C24H27Cl2NO2. The number of hydrogen-bond acceptors (Lipinski definition) is 2. The number of carbonyl (C=O) groups is 1. The summed E-state index contributed by atoms with van der Waals surface area (Å²) in [6.45, 7) is 0.495.